The van der Waals surface area contributed by atoms with E-state index in [0.717, 1.165) is 49.2 Å². The summed E-state index contributed by atoms with van der Waals surface area (Å²) in [6.07, 6.45) is 10.2. The number of anilines is 3. The van der Waals surface area contributed by atoms with Gasteiger partial charge in [-0.05, 0) is 133 Å². The lowest BCUT2D eigenvalue weighted by molar-refractivity contribution is 0.0243. The summed E-state index contributed by atoms with van der Waals surface area (Å²) in [7, 11) is 0. The second kappa shape index (κ2) is 18.3. The Bertz CT molecular complexity index is 2950. The average Bonchev–Trinajstić information content (AvgIpc) is 3.36. The summed E-state index contributed by atoms with van der Waals surface area (Å²) in [5.41, 5.74) is 22.6. The van der Waals surface area contributed by atoms with Crippen molar-refractivity contribution in [3.05, 3.63) is 262 Å². The maximum atomic E-state index is 6.33. The van der Waals surface area contributed by atoms with Gasteiger partial charge in [-0.25, -0.2) is 0 Å². The van der Waals surface area contributed by atoms with Gasteiger partial charge in [0.15, 0.2) is 0 Å². The van der Waals surface area contributed by atoms with Crippen LogP contribution in [0.2, 0.25) is 0 Å². The molecule has 0 saturated heterocycles. The first kappa shape index (κ1) is 41.4. The van der Waals surface area contributed by atoms with Crippen LogP contribution in [-0.2, 0) is 46.7 Å². The highest BCUT2D eigenvalue weighted by molar-refractivity contribution is 5.81. The highest BCUT2D eigenvalue weighted by Crippen LogP contribution is 2.41. The van der Waals surface area contributed by atoms with Crippen LogP contribution in [0.4, 0.5) is 17.1 Å². The van der Waals surface area contributed by atoms with E-state index in [4.69, 9.17) is 14.2 Å². The third-order valence-corrected chi connectivity index (χ3v) is 14.4. The van der Waals surface area contributed by atoms with Crippen LogP contribution in [0.25, 0.3) is 27.8 Å². The third-order valence-electron chi connectivity index (χ3n) is 14.4. The molecule has 0 radical (unpaired) electrons. The van der Waals surface area contributed by atoms with Crippen molar-refractivity contribution >= 4 is 22.6 Å². The molecule has 0 bridgehead atoms. The Labute approximate surface area is 394 Å². The Hall–Kier alpha value is -7.08. The quantitative estimate of drug-likeness (QED) is 0.103. The van der Waals surface area contributed by atoms with E-state index in [1.54, 1.807) is 0 Å². The predicted molar refractivity (Wildman–Crippen MR) is 271 cm³/mol. The van der Waals surface area contributed by atoms with Gasteiger partial charge >= 0.3 is 0 Å². The van der Waals surface area contributed by atoms with Crippen LogP contribution in [0.5, 0.6) is 0 Å². The smallest absolute Gasteiger partial charge is 0.0872 e. The van der Waals surface area contributed by atoms with Crippen molar-refractivity contribution in [1.82, 2.24) is 0 Å². The molecule has 4 nitrogen and oxygen atoms in total. The average molecular weight is 872 g/mol. The summed E-state index contributed by atoms with van der Waals surface area (Å²) in [6, 6.07) is 70.4. The van der Waals surface area contributed by atoms with Crippen molar-refractivity contribution in [1.29, 1.82) is 0 Å². The van der Waals surface area contributed by atoms with Crippen LogP contribution in [0.15, 0.2) is 212 Å². The summed E-state index contributed by atoms with van der Waals surface area (Å²) in [6.45, 7) is 1.92. The molecule has 0 spiro atoms. The number of hydrogen-bond acceptors (Lipinski definition) is 4. The zero-order chi connectivity index (χ0) is 44.5. The lowest BCUT2D eigenvalue weighted by atomic mass is 9.85. The highest BCUT2D eigenvalue weighted by atomic mass is 16.5. The van der Waals surface area contributed by atoms with E-state index < -0.39 is 0 Å². The van der Waals surface area contributed by atoms with E-state index >= 15 is 0 Å². The second-order valence-corrected chi connectivity index (χ2v) is 18.5. The van der Waals surface area contributed by atoms with Gasteiger partial charge in [-0.3, -0.25) is 0 Å². The molecule has 0 aromatic heterocycles. The Morgan fingerprint density at radius 3 is 1.07 bits per heavy atom. The first-order valence-electron chi connectivity index (χ1n) is 23.9. The van der Waals surface area contributed by atoms with Gasteiger partial charge in [0.05, 0.1) is 38.1 Å². The predicted octanol–water partition coefficient (Wildman–Crippen LogP) is 15.5. The van der Waals surface area contributed by atoms with Crippen molar-refractivity contribution in [2.24, 2.45) is 0 Å². The van der Waals surface area contributed by atoms with E-state index in [1.165, 1.54) is 83.5 Å². The van der Waals surface area contributed by atoms with E-state index in [1.807, 2.05) is 0 Å². The van der Waals surface area contributed by atoms with Crippen LogP contribution in [-0.4, -0.2) is 6.61 Å². The summed E-state index contributed by atoms with van der Waals surface area (Å²) in [4.78, 5) is 2.36. The Kier molecular flexibility index (Phi) is 11.3. The lowest BCUT2D eigenvalue weighted by Crippen LogP contribution is -2.20. The minimum atomic E-state index is 0.198. The molecule has 0 saturated carbocycles. The van der Waals surface area contributed by atoms with E-state index in [0.29, 0.717) is 19.8 Å². The maximum absolute atomic E-state index is 6.33. The van der Waals surface area contributed by atoms with Crippen molar-refractivity contribution < 1.29 is 14.2 Å². The molecule has 0 N–H and O–H groups in total. The molecule has 0 heterocycles. The van der Waals surface area contributed by atoms with Crippen molar-refractivity contribution in [3.8, 4) is 22.3 Å². The minimum absolute atomic E-state index is 0.198. The van der Waals surface area contributed by atoms with Gasteiger partial charge in [-0.2, -0.15) is 0 Å². The third kappa shape index (κ3) is 8.61. The highest BCUT2D eigenvalue weighted by Gasteiger charge is 2.28. The fourth-order valence-corrected chi connectivity index (χ4v) is 10.2. The Morgan fingerprint density at radius 2 is 0.701 bits per heavy atom. The molecule has 0 amide bonds. The SMILES string of the molecule is C1=C(COC2Cc3ccccc32)CCC(c2ccc(N(c3ccc(-c4ccc(COC5Cc6ccccc65)cc4)cc3)c3ccc(-c4ccc(COC5Cc6ccccc65)cc4)cc3)cc2)=C1. The number of nitrogens with zero attached hydrogens (tertiary/aromatic N) is 1. The molecule has 4 heteroatoms. The fraction of sp³-hybridized carbons (Fsp3) is 0.175. The minimum Gasteiger partial charge on any atom is -0.369 e. The summed E-state index contributed by atoms with van der Waals surface area (Å²) < 4.78 is 18.9. The molecule has 3 atom stereocenters. The van der Waals surface area contributed by atoms with Crippen LogP contribution in [0.3, 0.4) is 0 Å². The van der Waals surface area contributed by atoms with Gasteiger partial charge in [-0.15, -0.1) is 0 Å². The molecule has 67 heavy (non-hydrogen) atoms. The first-order chi connectivity index (χ1) is 33.1. The number of fused-ring (bicyclic) bond motifs is 3. The van der Waals surface area contributed by atoms with Gasteiger partial charge in [0.2, 0.25) is 0 Å². The maximum Gasteiger partial charge on any atom is 0.0872 e. The molecule has 12 rings (SSSR count). The van der Waals surface area contributed by atoms with Crippen LogP contribution < -0.4 is 4.90 Å². The summed E-state index contributed by atoms with van der Waals surface area (Å²) >= 11 is 0. The molecule has 4 aliphatic carbocycles. The summed E-state index contributed by atoms with van der Waals surface area (Å²) in [5, 5.41) is 0. The molecular formula is C63H53NO3. The van der Waals surface area contributed by atoms with Crippen LogP contribution in [0, 0.1) is 0 Å². The molecule has 3 unspecified atom stereocenters. The van der Waals surface area contributed by atoms with Gasteiger partial charge < -0.3 is 19.1 Å². The monoisotopic (exact) mass is 871 g/mol. The van der Waals surface area contributed by atoms with Crippen molar-refractivity contribution in [3.63, 3.8) is 0 Å². The normalized spacial score (nSPS) is 17.6. The topological polar surface area (TPSA) is 30.9 Å². The Morgan fingerprint density at radius 1 is 0.343 bits per heavy atom. The zero-order valence-corrected chi connectivity index (χ0v) is 37.7. The first-order valence-corrected chi connectivity index (χ1v) is 23.9. The number of hydrogen-bond donors (Lipinski definition) is 0. The molecule has 328 valence electrons. The molecule has 8 aromatic carbocycles. The van der Waals surface area contributed by atoms with Gasteiger partial charge in [0, 0.05) is 36.3 Å². The second-order valence-electron chi connectivity index (χ2n) is 18.5. The largest absolute Gasteiger partial charge is 0.369 e. The Balaban J connectivity index is 0.751. The van der Waals surface area contributed by atoms with E-state index in [2.05, 4.69) is 211 Å². The number of rotatable bonds is 15. The number of allylic oxidation sites excluding steroid dienone is 3. The molecule has 0 aliphatic heterocycles. The fourth-order valence-electron chi connectivity index (χ4n) is 10.2. The summed E-state index contributed by atoms with van der Waals surface area (Å²) in [5.74, 6) is 0. The van der Waals surface area contributed by atoms with E-state index in [9.17, 15) is 0 Å². The molecule has 8 aromatic rings. The number of benzene rings is 8. The molecule has 4 aliphatic rings. The zero-order valence-electron chi connectivity index (χ0n) is 37.7. The molecule has 0 fully saturated rings. The van der Waals surface area contributed by atoms with Gasteiger partial charge in [0.1, 0.15) is 0 Å². The number of ether oxygens (including phenoxy) is 3. The molecular weight excluding hydrogens is 819 g/mol. The lowest BCUT2D eigenvalue weighted by Gasteiger charge is -2.30. The standard InChI is InChI=1S/C63H53NO3/c1-4-10-58-52(7-1)37-61(58)65-40-43-13-19-46(20-14-43)49-25-31-55(32-26-49)64(56-33-27-50(28-34-56)47-21-15-44(16-22-47)41-66-62-38-53-8-2-5-11-59(53)62)57-35-29-51(30-36-57)48-23-17-45(18-24-48)42-67-63-39-54-9-3-6-12-60(54)63/h1-17,19-23,25-36,61-63H,18,24,37-42H2. The van der Waals surface area contributed by atoms with Crippen molar-refractivity contribution in [2.75, 3.05) is 11.5 Å². The van der Waals surface area contributed by atoms with Crippen molar-refractivity contribution in [2.45, 2.75) is 63.6 Å². The van der Waals surface area contributed by atoms with Crippen LogP contribution in [0.1, 0.15) is 81.2 Å². The van der Waals surface area contributed by atoms with E-state index in [-0.39, 0.29) is 18.3 Å². The van der Waals surface area contributed by atoms with Gasteiger partial charge in [0.25, 0.3) is 0 Å². The van der Waals surface area contributed by atoms with Gasteiger partial charge in [-0.1, -0.05) is 170 Å². The van der Waals surface area contributed by atoms with Crippen LogP contribution >= 0.6 is 0 Å².